The van der Waals surface area contributed by atoms with E-state index in [2.05, 4.69) is 40.7 Å². The van der Waals surface area contributed by atoms with Crippen LogP contribution in [0.15, 0.2) is 24.3 Å². The topological polar surface area (TPSA) is 43.8 Å². The molecule has 0 spiro atoms. The van der Waals surface area contributed by atoms with Crippen LogP contribution < -0.4 is 5.73 Å². The molecule has 2 rings (SSSR count). The van der Waals surface area contributed by atoms with Crippen molar-refractivity contribution in [3.8, 4) is 0 Å². The van der Waals surface area contributed by atoms with Gasteiger partial charge in [-0.05, 0) is 53.6 Å². The summed E-state index contributed by atoms with van der Waals surface area (Å²) in [6.07, 6.45) is 0.918. The monoisotopic (exact) mass is 375 g/mol. The van der Waals surface area contributed by atoms with E-state index in [4.69, 9.17) is 17.3 Å². The Kier molecular flexibility index (Phi) is 4.17. The molecule has 18 heavy (non-hydrogen) atoms. The summed E-state index contributed by atoms with van der Waals surface area (Å²) < 4.78 is 2.91. The average Bonchev–Trinajstić information content (AvgIpc) is 2.59. The van der Waals surface area contributed by atoms with Crippen LogP contribution in [0.3, 0.4) is 0 Å². The van der Waals surface area contributed by atoms with E-state index in [1.165, 1.54) is 0 Å². The molecule has 1 atom stereocenters. The van der Waals surface area contributed by atoms with Crippen LogP contribution in [0.25, 0.3) is 0 Å². The van der Waals surface area contributed by atoms with Crippen LogP contribution in [0.1, 0.15) is 30.6 Å². The molecule has 0 fully saturated rings. The summed E-state index contributed by atoms with van der Waals surface area (Å²) in [5, 5.41) is 5.27. The van der Waals surface area contributed by atoms with Gasteiger partial charge in [0.25, 0.3) is 0 Å². The number of nitrogens with two attached hydrogens (primary N) is 1. The Morgan fingerprint density at radius 2 is 2.22 bits per heavy atom. The van der Waals surface area contributed by atoms with Crippen LogP contribution in [-0.2, 0) is 0 Å². The van der Waals surface area contributed by atoms with Crippen molar-refractivity contribution in [2.45, 2.75) is 26.3 Å². The molecular weight excluding hydrogens is 361 g/mol. The Bertz CT molecular complexity index is 565. The van der Waals surface area contributed by atoms with Crippen molar-refractivity contribution in [3.05, 3.63) is 44.1 Å². The van der Waals surface area contributed by atoms with Crippen molar-refractivity contribution in [2.75, 3.05) is 5.73 Å². The van der Waals surface area contributed by atoms with E-state index in [0.717, 1.165) is 32.1 Å². The molecule has 0 saturated heterocycles. The van der Waals surface area contributed by atoms with E-state index in [1.54, 1.807) is 0 Å². The summed E-state index contributed by atoms with van der Waals surface area (Å²) in [6.45, 7) is 4.09. The third-order valence-electron chi connectivity index (χ3n) is 2.96. The normalized spacial score (nSPS) is 12.7. The highest BCUT2D eigenvalue weighted by molar-refractivity contribution is 14.1. The lowest BCUT2D eigenvalue weighted by molar-refractivity contribution is 0.513. The van der Waals surface area contributed by atoms with Crippen LogP contribution in [0.4, 0.5) is 5.82 Å². The zero-order valence-electron chi connectivity index (χ0n) is 10.3. The van der Waals surface area contributed by atoms with Gasteiger partial charge in [0.15, 0.2) is 0 Å². The van der Waals surface area contributed by atoms with Crippen molar-refractivity contribution < 1.29 is 0 Å². The molecule has 0 saturated carbocycles. The van der Waals surface area contributed by atoms with E-state index in [1.807, 2.05) is 29.8 Å². The molecule has 1 aromatic heterocycles. The van der Waals surface area contributed by atoms with Gasteiger partial charge in [-0.2, -0.15) is 5.10 Å². The van der Waals surface area contributed by atoms with Gasteiger partial charge in [-0.1, -0.05) is 30.7 Å². The molecule has 0 amide bonds. The summed E-state index contributed by atoms with van der Waals surface area (Å²) in [5.41, 5.74) is 8.22. The van der Waals surface area contributed by atoms with Gasteiger partial charge in [-0.25, -0.2) is 4.68 Å². The number of aromatic nitrogens is 2. The van der Waals surface area contributed by atoms with Gasteiger partial charge in [-0.3, -0.25) is 0 Å². The second-order valence-electron chi connectivity index (χ2n) is 4.21. The maximum Gasteiger partial charge on any atom is 0.136 e. The number of aryl methyl sites for hydroxylation is 1. The minimum atomic E-state index is 0.130. The summed E-state index contributed by atoms with van der Waals surface area (Å²) in [7, 11) is 0. The second-order valence-corrected chi connectivity index (χ2v) is 5.72. The molecule has 1 heterocycles. The third kappa shape index (κ3) is 2.49. The predicted octanol–water partition coefficient (Wildman–Crippen LogP) is 4.03. The number of halogens is 2. The average molecular weight is 376 g/mol. The van der Waals surface area contributed by atoms with Gasteiger partial charge in [0, 0.05) is 5.02 Å². The fourth-order valence-corrected chi connectivity index (χ4v) is 2.60. The lowest BCUT2D eigenvalue weighted by Crippen LogP contribution is -2.14. The molecule has 3 nitrogen and oxygen atoms in total. The molecule has 96 valence electrons. The lowest BCUT2D eigenvalue weighted by atomic mass is 10.1. The number of benzene rings is 1. The summed E-state index contributed by atoms with van der Waals surface area (Å²) in [5.74, 6) is 0.722. The van der Waals surface area contributed by atoms with E-state index >= 15 is 0 Å². The first-order chi connectivity index (χ1) is 8.54. The fourth-order valence-electron chi connectivity index (χ4n) is 2.05. The van der Waals surface area contributed by atoms with E-state index in [9.17, 15) is 0 Å². The number of hydrogen-bond acceptors (Lipinski definition) is 2. The molecule has 0 radical (unpaired) electrons. The Morgan fingerprint density at radius 1 is 1.50 bits per heavy atom. The van der Waals surface area contributed by atoms with Gasteiger partial charge in [0.1, 0.15) is 5.82 Å². The van der Waals surface area contributed by atoms with Crippen molar-refractivity contribution in [3.63, 3.8) is 0 Å². The highest BCUT2D eigenvalue weighted by atomic mass is 127. The molecule has 0 aliphatic carbocycles. The van der Waals surface area contributed by atoms with Crippen molar-refractivity contribution in [1.29, 1.82) is 0 Å². The molecule has 2 N–H and O–H groups in total. The molecule has 2 aromatic rings. The minimum Gasteiger partial charge on any atom is -0.383 e. The number of nitrogens with zero attached hydrogens (tertiary/aromatic N) is 2. The van der Waals surface area contributed by atoms with Crippen LogP contribution in [-0.4, -0.2) is 9.78 Å². The van der Waals surface area contributed by atoms with Crippen molar-refractivity contribution >= 4 is 40.0 Å². The quantitative estimate of drug-likeness (QED) is 0.823. The maximum atomic E-state index is 6.12. The second kappa shape index (κ2) is 5.48. The van der Waals surface area contributed by atoms with Crippen molar-refractivity contribution in [2.24, 2.45) is 0 Å². The van der Waals surface area contributed by atoms with Crippen molar-refractivity contribution in [1.82, 2.24) is 9.78 Å². The fraction of sp³-hybridized carbons (Fsp3) is 0.308. The number of nitrogen functional groups attached to an aromatic ring is 1. The third-order valence-corrected chi connectivity index (χ3v) is 4.53. The highest BCUT2D eigenvalue weighted by Crippen LogP contribution is 2.29. The smallest absolute Gasteiger partial charge is 0.136 e. The van der Waals surface area contributed by atoms with Gasteiger partial charge in [-0.15, -0.1) is 0 Å². The summed E-state index contributed by atoms with van der Waals surface area (Å²) >= 11 is 8.28. The Hall–Kier alpha value is -0.750. The van der Waals surface area contributed by atoms with Crippen LogP contribution >= 0.6 is 34.2 Å². The predicted molar refractivity (Wildman–Crippen MR) is 84.0 cm³/mol. The molecule has 0 aliphatic heterocycles. The molecule has 5 heteroatoms. The Labute approximate surface area is 125 Å². The number of hydrogen-bond donors (Lipinski definition) is 1. The highest BCUT2D eigenvalue weighted by Gasteiger charge is 2.18. The van der Waals surface area contributed by atoms with Gasteiger partial charge in [0.2, 0.25) is 0 Å². The van der Waals surface area contributed by atoms with Crippen LogP contribution in [0.2, 0.25) is 5.02 Å². The van der Waals surface area contributed by atoms with Crippen LogP contribution in [0.5, 0.6) is 0 Å². The van der Waals surface area contributed by atoms with Gasteiger partial charge < -0.3 is 5.73 Å². The number of anilines is 1. The largest absolute Gasteiger partial charge is 0.383 e. The zero-order chi connectivity index (χ0) is 13.3. The zero-order valence-corrected chi connectivity index (χ0v) is 13.2. The first-order valence-electron chi connectivity index (χ1n) is 5.80. The molecule has 0 bridgehead atoms. The van der Waals surface area contributed by atoms with E-state index < -0.39 is 0 Å². The SMILES string of the molecule is CCC(c1cccc(Cl)c1)n1nc(C)c(I)c1N. The van der Waals surface area contributed by atoms with Crippen LogP contribution in [0, 0.1) is 10.5 Å². The standard InChI is InChI=1S/C13H15ClIN3/c1-3-11(9-5-4-6-10(14)7-9)18-13(16)12(15)8(2)17-18/h4-7,11H,3,16H2,1-2H3. The first-order valence-corrected chi connectivity index (χ1v) is 7.25. The van der Waals surface area contributed by atoms with Gasteiger partial charge in [0.05, 0.1) is 15.3 Å². The molecule has 1 aromatic carbocycles. The lowest BCUT2D eigenvalue weighted by Gasteiger charge is -2.18. The van der Waals surface area contributed by atoms with E-state index in [-0.39, 0.29) is 6.04 Å². The minimum absolute atomic E-state index is 0.130. The molecule has 0 aliphatic rings. The summed E-state index contributed by atoms with van der Waals surface area (Å²) in [6, 6.07) is 7.99. The van der Waals surface area contributed by atoms with Gasteiger partial charge >= 0.3 is 0 Å². The van der Waals surface area contributed by atoms with E-state index in [0.29, 0.717) is 0 Å². The maximum absolute atomic E-state index is 6.12. The molecule has 1 unspecified atom stereocenters. The Morgan fingerprint density at radius 3 is 2.72 bits per heavy atom. The first kappa shape index (κ1) is 13.7. The number of rotatable bonds is 3. The Balaban J connectivity index is 2.48. The molecular formula is C13H15ClIN3. The summed E-state index contributed by atoms with van der Waals surface area (Å²) in [4.78, 5) is 0.